The molecule has 1 fully saturated rings. The highest BCUT2D eigenvalue weighted by atomic mass is 32.2. The molecule has 4 heteroatoms. The average molecular weight is 294 g/mol. The number of ether oxygens (including phenoxy) is 1. The third-order valence-corrected chi connectivity index (χ3v) is 5.71. The molecule has 0 spiro atoms. The van der Waals surface area contributed by atoms with Crippen LogP contribution in [0.5, 0.6) is 5.75 Å². The van der Waals surface area contributed by atoms with Crippen molar-refractivity contribution in [1.29, 1.82) is 0 Å². The molecule has 1 aromatic heterocycles. The molecule has 3 nitrogen and oxygen atoms in total. The molecule has 1 aliphatic heterocycles. The third-order valence-electron chi connectivity index (χ3n) is 4.20. The lowest BCUT2D eigenvalue weighted by atomic mass is 9.99. The molecule has 2 heterocycles. The molecular weight excluding hydrogens is 268 g/mol. The topological polar surface area (TPSA) is 34.2 Å². The fourth-order valence-electron chi connectivity index (χ4n) is 2.99. The molecule has 1 aliphatic rings. The number of nitrogens with zero attached hydrogens (tertiary/aromatic N) is 1. The molecule has 1 saturated heterocycles. The SMILES string of the molecule is CNC(Cc1ncc(C)c(OC)c1C)C1CCCCS1. The first kappa shape index (κ1) is 15.6. The number of rotatable bonds is 5. The van der Waals surface area contributed by atoms with E-state index in [0.29, 0.717) is 11.3 Å². The summed E-state index contributed by atoms with van der Waals surface area (Å²) in [6.07, 6.45) is 6.96. The molecule has 0 aromatic carbocycles. The molecule has 1 aromatic rings. The number of hydrogen-bond acceptors (Lipinski definition) is 4. The molecular formula is C16H26N2OS. The number of hydrogen-bond donors (Lipinski definition) is 1. The Balaban J connectivity index is 2.14. The zero-order valence-corrected chi connectivity index (χ0v) is 13.8. The number of aryl methyl sites for hydroxylation is 1. The third kappa shape index (κ3) is 3.47. The summed E-state index contributed by atoms with van der Waals surface area (Å²) < 4.78 is 5.51. The number of aromatic nitrogens is 1. The van der Waals surface area contributed by atoms with Crippen molar-refractivity contribution in [2.45, 2.75) is 50.8 Å². The largest absolute Gasteiger partial charge is 0.496 e. The minimum absolute atomic E-state index is 0.499. The number of likely N-dealkylation sites (N-methyl/N-ethyl adjacent to an activating group) is 1. The number of nitrogens with one attached hydrogen (secondary N) is 1. The van der Waals surface area contributed by atoms with Gasteiger partial charge in [0.2, 0.25) is 0 Å². The van der Waals surface area contributed by atoms with E-state index < -0.39 is 0 Å². The van der Waals surface area contributed by atoms with Crippen LogP contribution in [0.4, 0.5) is 0 Å². The summed E-state index contributed by atoms with van der Waals surface area (Å²) in [5.74, 6) is 2.29. The number of thioether (sulfide) groups is 1. The first-order chi connectivity index (χ1) is 9.67. The maximum Gasteiger partial charge on any atom is 0.128 e. The number of methoxy groups -OCH3 is 1. The Morgan fingerprint density at radius 1 is 1.45 bits per heavy atom. The van der Waals surface area contributed by atoms with Gasteiger partial charge in [0.1, 0.15) is 5.75 Å². The summed E-state index contributed by atoms with van der Waals surface area (Å²) in [6, 6.07) is 0.499. The van der Waals surface area contributed by atoms with Crippen molar-refractivity contribution >= 4 is 11.8 Å². The smallest absolute Gasteiger partial charge is 0.128 e. The van der Waals surface area contributed by atoms with Crippen molar-refractivity contribution in [1.82, 2.24) is 10.3 Å². The van der Waals surface area contributed by atoms with E-state index in [1.165, 1.54) is 30.6 Å². The molecule has 2 atom stereocenters. The minimum Gasteiger partial charge on any atom is -0.496 e. The second-order valence-electron chi connectivity index (χ2n) is 5.55. The van der Waals surface area contributed by atoms with Gasteiger partial charge in [0.15, 0.2) is 0 Å². The van der Waals surface area contributed by atoms with E-state index in [1.807, 2.05) is 6.20 Å². The van der Waals surface area contributed by atoms with E-state index in [9.17, 15) is 0 Å². The Labute approximate surface area is 126 Å². The molecule has 1 N–H and O–H groups in total. The van der Waals surface area contributed by atoms with E-state index in [-0.39, 0.29) is 0 Å². The van der Waals surface area contributed by atoms with Gasteiger partial charge in [-0.05, 0) is 39.5 Å². The lowest BCUT2D eigenvalue weighted by Gasteiger charge is -2.30. The molecule has 112 valence electrons. The molecule has 0 bridgehead atoms. The van der Waals surface area contributed by atoms with Gasteiger partial charge >= 0.3 is 0 Å². The zero-order chi connectivity index (χ0) is 14.5. The van der Waals surface area contributed by atoms with Gasteiger partial charge in [-0.2, -0.15) is 11.8 Å². The number of pyridine rings is 1. The summed E-state index contributed by atoms with van der Waals surface area (Å²) in [5.41, 5.74) is 3.47. The van der Waals surface area contributed by atoms with Crippen LogP contribution in [0.1, 0.15) is 36.1 Å². The standard InChI is InChI=1S/C16H26N2OS/c1-11-10-18-13(12(2)16(11)19-4)9-14(17-3)15-7-5-6-8-20-15/h10,14-15,17H,5-9H2,1-4H3. The average Bonchev–Trinajstić information content (AvgIpc) is 2.48. The van der Waals surface area contributed by atoms with Crippen molar-refractivity contribution in [2.75, 3.05) is 19.9 Å². The maximum atomic E-state index is 5.51. The van der Waals surface area contributed by atoms with Crippen molar-refractivity contribution < 1.29 is 4.74 Å². The van der Waals surface area contributed by atoms with Gasteiger partial charge in [-0.1, -0.05) is 6.42 Å². The molecule has 0 radical (unpaired) electrons. The van der Waals surface area contributed by atoms with Crippen molar-refractivity contribution in [3.63, 3.8) is 0 Å². The predicted octanol–water partition coefficient (Wildman–Crippen LogP) is 3.12. The van der Waals surface area contributed by atoms with E-state index in [2.05, 4.69) is 43.0 Å². The van der Waals surface area contributed by atoms with Crippen LogP contribution >= 0.6 is 11.8 Å². The van der Waals surface area contributed by atoms with Gasteiger partial charge in [-0.15, -0.1) is 0 Å². The first-order valence-electron chi connectivity index (χ1n) is 7.45. The summed E-state index contributed by atoms with van der Waals surface area (Å²) in [5, 5.41) is 4.21. The van der Waals surface area contributed by atoms with Crippen molar-refractivity contribution in [3.8, 4) is 5.75 Å². The van der Waals surface area contributed by atoms with Crippen LogP contribution in [-0.4, -0.2) is 36.2 Å². The van der Waals surface area contributed by atoms with Crippen LogP contribution in [0.2, 0.25) is 0 Å². The lowest BCUT2D eigenvalue weighted by molar-refractivity contribution is 0.405. The van der Waals surface area contributed by atoms with Gasteiger partial charge < -0.3 is 10.1 Å². The van der Waals surface area contributed by atoms with Crippen LogP contribution in [0, 0.1) is 13.8 Å². The van der Waals surface area contributed by atoms with Crippen LogP contribution in [0.15, 0.2) is 6.20 Å². The Morgan fingerprint density at radius 3 is 2.85 bits per heavy atom. The second kappa shape index (κ2) is 7.32. The first-order valence-corrected chi connectivity index (χ1v) is 8.50. The maximum absolute atomic E-state index is 5.51. The zero-order valence-electron chi connectivity index (χ0n) is 13.0. The van der Waals surface area contributed by atoms with Gasteiger partial charge in [0.05, 0.1) is 7.11 Å². The summed E-state index contributed by atoms with van der Waals surface area (Å²) >= 11 is 2.11. The fraction of sp³-hybridized carbons (Fsp3) is 0.688. The lowest BCUT2D eigenvalue weighted by Crippen LogP contribution is -2.39. The summed E-state index contributed by atoms with van der Waals surface area (Å²) in [7, 11) is 3.81. The summed E-state index contributed by atoms with van der Waals surface area (Å²) in [6.45, 7) is 4.17. The van der Waals surface area contributed by atoms with Crippen LogP contribution < -0.4 is 10.1 Å². The Bertz CT molecular complexity index is 444. The Hall–Kier alpha value is -0.740. The van der Waals surface area contributed by atoms with Gasteiger partial charge in [-0.3, -0.25) is 4.98 Å². The molecule has 2 unspecified atom stereocenters. The van der Waals surface area contributed by atoms with E-state index in [1.54, 1.807) is 7.11 Å². The van der Waals surface area contributed by atoms with Gasteiger partial charge in [-0.25, -0.2) is 0 Å². The highest BCUT2D eigenvalue weighted by Gasteiger charge is 2.24. The highest BCUT2D eigenvalue weighted by Crippen LogP contribution is 2.30. The van der Waals surface area contributed by atoms with E-state index in [4.69, 9.17) is 4.74 Å². The fourth-order valence-corrected chi connectivity index (χ4v) is 4.46. The predicted molar refractivity (Wildman–Crippen MR) is 86.9 cm³/mol. The Kier molecular flexibility index (Phi) is 5.73. The van der Waals surface area contributed by atoms with Crippen LogP contribution in [-0.2, 0) is 6.42 Å². The van der Waals surface area contributed by atoms with Crippen molar-refractivity contribution in [2.24, 2.45) is 0 Å². The quantitative estimate of drug-likeness (QED) is 0.905. The van der Waals surface area contributed by atoms with Gasteiger partial charge in [0, 0.05) is 40.7 Å². The van der Waals surface area contributed by atoms with Crippen molar-refractivity contribution in [3.05, 3.63) is 23.0 Å². The molecule has 0 amide bonds. The van der Waals surface area contributed by atoms with Gasteiger partial charge in [0.25, 0.3) is 0 Å². The van der Waals surface area contributed by atoms with Crippen LogP contribution in [0.25, 0.3) is 0 Å². The van der Waals surface area contributed by atoms with E-state index >= 15 is 0 Å². The molecule has 0 aliphatic carbocycles. The monoisotopic (exact) mass is 294 g/mol. The normalized spacial score (nSPS) is 20.7. The highest BCUT2D eigenvalue weighted by molar-refractivity contribution is 8.00. The summed E-state index contributed by atoms with van der Waals surface area (Å²) in [4.78, 5) is 4.64. The molecule has 2 rings (SSSR count). The molecule has 20 heavy (non-hydrogen) atoms. The van der Waals surface area contributed by atoms with Crippen LogP contribution in [0.3, 0.4) is 0 Å². The Morgan fingerprint density at radius 2 is 2.25 bits per heavy atom. The minimum atomic E-state index is 0.499. The van der Waals surface area contributed by atoms with E-state index in [0.717, 1.165) is 23.4 Å². The molecule has 0 saturated carbocycles. The second-order valence-corrected chi connectivity index (χ2v) is 6.90.